The molecule has 0 aliphatic carbocycles. The van der Waals surface area contributed by atoms with E-state index in [4.69, 9.17) is 11.6 Å². The number of hydrogen-bond acceptors (Lipinski definition) is 6. The first-order chi connectivity index (χ1) is 8.11. The van der Waals surface area contributed by atoms with E-state index in [1.54, 1.807) is 0 Å². The van der Waals surface area contributed by atoms with E-state index in [1.807, 2.05) is 17.9 Å². The Hall–Kier alpha value is -1.89. The van der Waals surface area contributed by atoms with Crippen molar-refractivity contribution in [1.82, 2.24) is 9.97 Å². The van der Waals surface area contributed by atoms with Gasteiger partial charge in [-0.1, -0.05) is 0 Å². The third-order valence-corrected chi connectivity index (χ3v) is 2.85. The number of anilines is 2. The molecule has 1 aliphatic rings. The number of hydrogen-bond donors (Lipinski definition) is 3. The molecule has 92 valence electrons. The van der Waals surface area contributed by atoms with E-state index in [0.29, 0.717) is 11.8 Å². The van der Waals surface area contributed by atoms with Gasteiger partial charge in [0.05, 0.1) is 0 Å². The zero-order chi connectivity index (χ0) is 12.4. The lowest BCUT2D eigenvalue weighted by atomic mass is 10.2. The summed E-state index contributed by atoms with van der Waals surface area (Å²) in [6, 6.07) is 1.54. The van der Waals surface area contributed by atoms with Crippen molar-refractivity contribution in [3.8, 4) is 0 Å². The van der Waals surface area contributed by atoms with Crippen LogP contribution in [0.3, 0.4) is 0 Å². The van der Waals surface area contributed by atoms with Gasteiger partial charge in [0.25, 0.3) is 0 Å². The van der Waals surface area contributed by atoms with E-state index in [2.05, 4.69) is 15.4 Å². The standard InChI is InChI=1S/C10H16N6O/c1-6-5-8(14-10(13-6)15-12)16-4-2-3-7(16)9(11)17/h5,7H,2-4,12H2,1H3,(H2,11,17)(H,13,14,15). The maximum atomic E-state index is 11.3. The molecule has 0 aromatic carbocycles. The Balaban J connectivity index is 2.32. The number of nitrogen functional groups attached to an aromatic ring is 1. The smallest absolute Gasteiger partial charge is 0.240 e. The van der Waals surface area contributed by atoms with Crippen LogP contribution in [0.2, 0.25) is 0 Å². The van der Waals surface area contributed by atoms with Crippen molar-refractivity contribution >= 4 is 17.7 Å². The van der Waals surface area contributed by atoms with Crippen LogP contribution >= 0.6 is 0 Å². The van der Waals surface area contributed by atoms with Crippen molar-refractivity contribution in [2.45, 2.75) is 25.8 Å². The lowest BCUT2D eigenvalue weighted by molar-refractivity contribution is -0.119. The van der Waals surface area contributed by atoms with Crippen molar-refractivity contribution in [2.75, 3.05) is 16.9 Å². The molecule has 0 spiro atoms. The summed E-state index contributed by atoms with van der Waals surface area (Å²) >= 11 is 0. The van der Waals surface area contributed by atoms with Crippen LogP contribution in [0.25, 0.3) is 0 Å². The van der Waals surface area contributed by atoms with E-state index in [9.17, 15) is 4.79 Å². The number of rotatable bonds is 3. The number of nitrogens with one attached hydrogen (secondary N) is 1. The van der Waals surface area contributed by atoms with E-state index in [0.717, 1.165) is 25.1 Å². The first kappa shape index (κ1) is 11.6. The minimum Gasteiger partial charge on any atom is -0.368 e. The van der Waals surface area contributed by atoms with Crippen LogP contribution in [0.15, 0.2) is 6.07 Å². The molecule has 0 radical (unpaired) electrons. The van der Waals surface area contributed by atoms with E-state index >= 15 is 0 Å². The molecule has 7 heteroatoms. The Labute approximate surface area is 99.2 Å². The number of hydrazine groups is 1. The number of nitrogens with two attached hydrogens (primary N) is 2. The zero-order valence-electron chi connectivity index (χ0n) is 9.68. The van der Waals surface area contributed by atoms with Crippen molar-refractivity contribution < 1.29 is 4.79 Å². The second kappa shape index (κ2) is 4.54. The van der Waals surface area contributed by atoms with Gasteiger partial charge in [-0.2, -0.15) is 4.98 Å². The molecule has 1 unspecified atom stereocenters. The Bertz CT molecular complexity index is 435. The van der Waals surface area contributed by atoms with Gasteiger partial charge in [0, 0.05) is 18.3 Å². The van der Waals surface area contributed by atoms with Crippen LogP contribution in [0.4, 0.5) is 11.8 Å². The van der Waals surface area contributed by atoms with Gasteiger partial charge in [-0.15, -0.1) is 0 Å². The third kappa shape index (κ3) is 2.28. The molecular formula is C10H16N6O. The van der Waals surface area contributed by atoms with Gasteiger partial charge in [-0.05, 0) is 19.8 Å². The molecule has 17 heavy (non-hydrogen) atoms. The van der Waals surface area contributed by atoms with Crippen molar-refractivity contribution in [3.05, 3.63) is 11.8 Å². The van der Waals surface area contributed by atoms with Crippen LogP contribution in [0, 0.1) is 6.92 Å². The molecule has 1 aliphatic heterocycles. The van der Waals surface area contributed by atoms with Crippen molar-refractivity contribution in [2.24, 2.45) is 11.6 Å². The minimum atomic E-state index is -0.318. The van der Waals surface area contributed by atoms with Crippen LogP contribution in [-0.4, -0.2) is 28.5 Å². The van der Waals surface area contributed by atoms with Gasteiger partial charge in [0.15, 0.2) is 0 Å². The van der Waals surface area contributed by atoms with E-state index in [1.165, 1.54) is 0 Å². The molecule has 0 bridgehead atoms. The van der Waals surface area contributed by atoms with Gasteiger partial charge >= 0.3 is 0 Å². The van der Waals surface area contributed by atoms with Gasteiger partial charge in [0.2, 0.25) is 11.9 Å². The molecule has 1 atom stereocenters. The highest BCUT2D eigenvalue weighted by molar-refractivity contribution is 5.84. The fourth-order valence-corrected chi connectivity index (χ4v) is 2.10. The highest BCUT2D eigenvalue weighted by atomic mass is 16.1. The number of aromatic nitrogens is 2. The summed E-state index contributed by atoms with van der Waals surface area (Å²) in [4.78, 5) is 21.6. The van der Waals surface area contributed by atoms with Crippen LogP contribution in [0.5, 0.6) is 0 Å². The van der Waals surface area contributed by atoms with Crippen molar-refractivity contribution in [1.29, 1.82) is 0 Å². The highest BCUT2D eigenvalue weighted by Crippen LogP contribution is 2.24. The summed E-state index contributed by atoms with van der Waals surface area (Å²) in [5.41, 5.74) is 8.57. The minimum absolute atomic E-state index is 0.282. The molecule has 1 amide bonds. The van der Waals surface area contributed by atoms with Crippen molar-refractivity contribution in [3.63, 3.8) is 0 Å². The molecule has 1 saturated heterocycles. The summed E-state index contributed by atoms with van der Waals surface area (Å²) in [5, 5.41) is 0. The fraction of sp³-hybridized carbons (Fsp3) is 0.500. The number of carbonyl (C=O) groups is 1. The van der Waals surface area contributed by atoms with Gasteiger partial charge in [-0.25, -0.2) is 10.8 Å². The average molecular weight is 236 g/mol. The van der Waals surface area contributed by atoms with Crippen LogP contribution in [0.1, 0.15) is 18.5 Å². The van der Waals surface area contributed by atoms with E-state index < -0.39 is 0 Å². The molecule has 7 nitrogen and oxygen atoms in total. The summed E-state index contributed by atoms with van der Waals surface area (Å²) in [5.74, 6) is 6.01. The highest BCUT2D eigenvalue weighted by Gasteiger charge is 2.30. The molecule has 2 rings (SSSR count). The summed E-state index contributed by atoms with van der Waals surface area (Å²) in [6.45, 7) is 2.62. The predicted molar refractivity (Wildman–Crippen MR) is 64.1 cm³/mol. The molecule has 2 heterocycles. The first-order valence-corrected chi connectivity index (χ1v) is 5.50. The zero-order valence-corrected chi connectivity index (χ0v) is 9.68. The third-order valence-electron chi connectivity index (χ3n) is 2.85. The SMILES string of the molecule is Cc1cc(N2CCCC2C(N)=O)nc(NN)n1. The molecule has 0 saturated carbocycles. The number of amides is 1. The quantitative estimate of drug-likeness (QED) is 0.483. The number of primary amides is 1. The summed E-state index contributed by atoms with van der Waals surface area (Å²) in [6.07, 6.45) is 1.70. The largest absolute Gasteiger partial charge is 0.368 e. The lowest BCUT2D eigenvalue weighted by Gasteiger charge is -2.23. The second-order valence-corrected chi connectivity index (χ2v) is 4.09. The molecule has 1 fully saturated rings. The normalized spacial score (nSPS) is 19.4. The summed E-state index contributed by atoms with van der Waals surface area (Å²) in [7, 11) is 0. The lowest BCUT2D eigenvalue weighted by Crippen LogP contribution is -2.40. The Morgan fingerprint density at radius 3 is 3.00 bits per heavy atom. The topological polar surface area (TPSA) is 110 Å². The maximum Gasteiger partial charge on any atom is 0.240 e. The van der Waals surface area contributed by atoms with Gasteiger partial charge in [0.1, 0.15) is 11.9 Å². The predicted octanol–water partition coefficient (Wildman–Crippen LogP) is -0.475. The summed E-state index contributed by atoms with van der Waals surface area (Å²) < 4.78 is 0. The fourth-order valence-electron chi connectivity index (χ4n) is 2.10. The van der Waals surface area contributed by atoms with E-state index in [-0.39, 0.29) is 11.9 Å². The molecule has 1 aromatic heterocycles. The Morgan fingerprint density at radius 2 is 2.35 bits per heavy atom. The number of carbonyl (C=O) groups excluding carboxylic acids is 1. The number of nitrogens with zero attached hydrogens (tertiary/aromatic N) is 3. The Kier molecular flexibility index (Phi) is 3.10. The molecule has 5 N–H and O–H groups in total. The molecular weight excluding hydrogens is 220 g/mol. The number of aryl methyl sites for hydroxylation is 1. The molecule has 1 aromatic rings. The van der Waals surface area contributed by atoms with Crippen LogP contribution < -0.4 is 21.9 Å². The monoisotopic (exact) mass is 236 g/mol. The second-order valence-electron chi connectivity index (χ2n) is 4.09. The first-order valence-electron chi connectivity index (χ1n) is 5.50. The maximum absolute atomic E-state index is 11.3. The van der Waals surface area contributed by atoms with Gasteiger partial charge < -0.3 is 10.6 Å². The van der Waals surface area contributed by atoms with Gasteiger partial charge in [-0.3, -0.25) is 10.2 Å². The average Bonchev–Trinajstić information content (AvgIpc) is 2.77. The van der Waals surface area contributed by atoms with Crippen LogP contribution in [-0.2, 0) is 4.79 Å². The Morgan fingerprint density at radius 1 is 1.59 bits per heavy atom.